The minimum absolute atomic E-state index is 0.0375. The molecule has 8 heteroatoms. The van der Waals surface area contributed by atoms with Crippen molar-refractivity contribution in [2.45, 2.75) is 119 Å². The second-order valence-corrected chi connectivity index (χ2v) is 15.2. The van der Waals surface area contributed by atoms with Crippen molar-refractivity contribution < 1.29 is 5.11 Å². The quantitative estimate of drug-likeness (QED) is 0.164. The monoisotopic (exact) mass is 685 g/mol. The largest absolute Gasteiger partial charge is 0.492 e. The molecule has 0 spiro atoms. The Morgan fingerprint density at radius 2 is 1.57 bits per heavy atom. The van der Waals surface area contributed by atoms with Crippen molar-refractivity contribution in [2.24, 2.45) is 11.8 Å². The summed E-state index contributed by atoms with van der Waals surface area (Å²) in [6, 6.07) is 6.54. The predicted octanol–water partition coefficient (Wildman–Crippen LogP) is 8.07. The minimum Gasteiger partial charge on any atom is -0.492 e. The number of aromatic nitrogens is 2. The normalized spacial score (nSPS) is 15.0. The maximum atomic E-state index is 14.3. The number of hydrogen-bond acceptors (Lipinski definition) is 7. The van der Waals surface area contributed by atoms with Crippen LogP contribution in [0.15, 0.2) is 16.9 Å². The summed E-state index contributed by atoms with van der Waals surface area (Å²) >= 11 is 1.63. The van der Waals surface area contributed by atoms with E-state index < -0.39 is 0 Å². The van der Waals surface area contributed by atoms with Gasteiger partial charge in [-0.2, -0.15) is 9.94 Å². The minimum atomic E-state index is -0.352. The molecule has 7 nitrogen and oxygen atoms in total. The zero-order valence-electron chi connectivity index (χ0n) is 31.2. The van der Waals surface area contributed by atoms with Gasteiger partial charge in [0.25, 0.3) is 5.56 Å². The lowest BCUT2D eigenvalue weighted by molar-refractivity contribution is 0.372. The Bertz CT molecular complexity index is 1740. The van der Waals surface area contributed by atoms with E-state index in [0.29, 0.717) is 30.1 Å². The Balaban J connectivity index is 2.00. The maximum absolute atomic E-state index is 14.3. The van der Waals surface area contributed by atoms with Crippen molar-refractivity contribution in [3.8, 4) is 23.2 Å². The molecule has 2 aromatic heterocycles. The summed E-state index contributed by atoms with van der Waals surface area (Å²) in [7, 11) is 0. The molecule has 0 radical (unpaired) electrons. The molecule has 2 atom stereocenters. The van der Waals surface area contributed by atoms with Gasteiger partial charge < -0.3 is 15.0 Å². The van der Waals surface area contributed by atoms with Crippen molar-refractivity contribution in [3.63, 3.8) is 0 Å². The summed E-state index contributed by atoms with van der Waals surface area (Å²) < 4.78 is 1.31. The SMILES string of the molecule is C=c1c(C#N)c(O)n(N2CCCCC2)c(=O)/c1=C\c1sc(N(CC(CC)CCCC)CC(CC)CCCC)nc1-c1c(C)cc(C)cc1C. The molecule has 3 heterocycles. The summed E-state index contributed by atoms with van der Waals surface area (Å²) in [4.78, 5) is 23.1. The van der Waals surface area contributed by atoms with E-state index in [1.165, 1.54) is 48.8 Å². The van der Waals surface area contributed by atoms with E-state index in [2.05, 4.69) is 78.1 Å². The predicted molar refractivity (Wildman–Crippen MR) is 208 cm³/mol. The van der Waals surface area contributed by atoms with E-state index in [1.54, 1.807) is 11.3 Å². The highest BCUT2D eigenvalue weighted by molar-refractivity contribution is 7.16. The second-order valence-electron chi connectivity index (χ2n) is 14.2. The maximum Gasteiger partial charge on any atom is 0.280 e. The molecule has 0 saturated carbocycles. The van der Waals surface area contributed by atoms with Gasteiger partial charge in [0.2, 0.25) is 5.88 Å². The third-order valence-electron chi connectivity index (χ3n) is 10.3. The third kappa shape index (κ3) is 8.97. The lowest BCUT2D eigenvalue weighted by atomic mass is 9.96. The number of benzene rings is 1. The van der Waals surface area contributed by atoms with E-state index in [-0.39, 0.29) is 22.2 Å². The van der Waals surface area contributed by atoms with E-state index >= 15 is 0 Å². The molecular weight excluding hydrogens is 627 g/mol. The van der Waals surface area contributed by atoms with Crippen LogP contribution in [-0.2, 0) is 0 Å². The molecule has 49 heavy (non-hydrogen) atoms. The van der Waals surface area contributed by atoms with Crippen LogP contribution in [0.5, 0.6) is 5.88 Å². The Hall–Kier alpha value is -3.57. The standard InChI is InChI=1S/C41H59N5O2S/c1-9-13-18-32(11-3)26-44(27-33(12-4)19-14-10-2)41-43-38(37-29(6)22-28(5)23-30(37)7)36(49-41)24-34-31(8)35(25-42)40(48)46(39(34)47)45-20-16-15-17-21-45/h22-24,32-33,48H,8-21,26-27H2,1-7H3/b34-24-. The highest BCUT2D eigenvalue weighted by Gasteiger charge is 2.25. The molecule has 2 unspecified atom stereocenters. The van der Waals surface area contributed by atoms with E-state index in [1.807, 2.05) is 11.1 Å². The first-order chi connectivity index (χ1) is 23.6. The number of nitrogens with zero attached hydrogens (tertiary/aromatic N) is 5. The molecule has 1 aliphatic rings. The van der Waals surface area contributed by atoms with Crippen LogP contribution < -0.4 is 25.9 Å². The average Bonchev–Trinajstić information content (AvgIpc) is 3.49. The molecule has 0 bridgehead atoms. The summed E-state index contributed by atoms with van der Waals surface area (Å²) in [5.74, 6) is 0.822. The van der Waals surface area contributed by atoms with E-state index in [0.717, 1.165) is 77.6 Å². The number of piperidine rings is 1. The average molecular weight is 686 g/mol. The molecule has 1 fully saturated rings. The van der Waals surface area contributed by atoms with Gasteiger partial charge in [-0.05, 0) is 81.9 Å². The Kier molecular flexibility index (Phi) is 14.0. The van der Waals surface area contributed by atoms with Gasteiger partial charge in [-0.25, -0.2) is 4.98 Å². The molecule has 4 rings (SSSR count). The fraction of sp³-hybridized carbons (Fsp3) is 0.585. The van der Waals surface area contributed by atoms with Crippen LogP contribution in [0.4, 0.5) is 5.13 Å². The molecule has 3 aromatic rings. The van der Waals surface area contributed by atoms with Gasteiger partial charge in [0.05, 0.1) is 15.8 Å². The van der Waals surface area contributed by atoms with E-state index in [4.69, 9.17) is 4.98 Å². The van der Waals surface area contributed by atoms with Crippen molar-refractivity contribution in [1.82, 2.24) is 9.66 Å². The van der Waals surface area contributed by atoms with Crippen molar-refractivity contribution in [2.75, 3.05) is 36.1 Å². The van der Waals surface area contributed by atoms with Gasteiger partial charge >= 0.3 is 0 Å². The van der Waals surface area contributed by atoms with Crippen molar-refractivity contribution in [3.05, 3.63) is 60.1 Å². The van der Waals surface area contributed by atoms with Crippen molar-refractivity contribution >= 4 is 29.1 Å². The molecule has 1 aliphatic heterocycles. The lowest BCUT2D eigenvalue weighted by Crippen LogP contribution is -2.54. The summed E-state index contributed by atoms with van der Waals surface area (Å²) in [6.07, 6.45) is 14.3. The number of nitriles is 1. The highest BCUT2D eigenvalue weighted by Crippen LogP contribution is 2.38. The fourth-order valence-electron chi connectivity index (χ4n) is 7.43. The van der Waals surface area contributed by atoms with Crippen LogP contribution in [0.2, 0.25) is 0 Å². The number of hydrogen-bond donors (Lipinski definition) is 1. The van der Waals surface area contributed by atoms with E-state index in [9.17, 15) is 15.2 Å². The molecule has 1 aromatic carbocycles. The van der Waals surface area contributed by atoms with Crippen LogP contribution in [0.3, 0.4) is 0 Å². The molecule has 266 valence electrons. The van der Waals surface area contributed by atoms with Gasteiger partial charge in [-0.3, -0.25) is 4.79 Å². The zero-order valence-corrected chi connectivity index (χ0v) is 32.0. The first kappa shape index (κ1) is 38.2. The van der Waals surface area contributed by atoms with Gasteiger partial charge in [-0.1, -0.05) is 102 Å². The van der Waals surface area contributed by atoms with Crippen LogP contribution >= 0.6 is 11.3 Å². The Morgan fingerprint density at radius 1 is 1.00 bits per heavy atom. The Labute approximate surface area is 298 Å². The van der Waals surface area contributed by atoms with Crippen molar-refractivity contribution in [1.29, 1.82) is 5.26 Å². The molecule has 1 saturated heterocycles. The molecule has 0 aliphatic carbocycles. The van der Waals surface area contributed by atoms with Gasteiger partial charge in [0, 0.05) is 37.0 Å². The van der Waals surface area contributed by atoms with Crippen LogP contribution in [-0.4, -0.2) is 40.9 Å². The number of aryl methyl sites for hydroxylation is 3. The summed E-state index contributed by atoms with van der Waals surface area (Å²) in [6.45, 7) is 22.9. The number of aromatic hydroxyl groups is 1. The number of unbranched alkanes of at least 4 members (excludes halogenated alkanes) is 2. The fourth-order valence-corrected chi connectivity index (χ4v) is 8.46. The number of thiazole rings is 1. The zero-order chi connectivity index (χ0) is 35.7. The van der Waals surface area contributed by atoms with Crippen LogP contribution in [0, 0.1) is 43.9 Å². The van der Waals surface area contributed by atoms with Gasteiger partial charge in [0.1, 0.15) is 11.6 Å². The third-order valence-corrected chi connectivity index (χ3v) is 11.4. The number of pyridine rings is 1. The topological polar surface area (TPSA) is 85.4 Å². The van der Waals surface area contributed by atoms with Gasteiger partial charge in [-0.15, -0.1) is 0 Å². The highest BCUT2D eigenvalue weighted by atomic mass is 32.1. The first-order valence-electron chi connectivity index (χ1n) is 18.8. The number of anilines is 1. The number of rotatable bonds is 16. The summed E-state index contributed by atoms with van der Waals surface area (Å²) in [5, 5.41) is 24.7. The first-order valence-corrected chi connectivity index (χ1v) is 19.6. The molecular formula is C41H59N5O2S. The van der Waals surface area contributed by atoms with Crippen LogP contribution in [0.25, 0.3) is 23.9 Å². The molecule has 1 N–H and O–H groups in total. The smallest absolute Gasteiger partial charge is 0.280 e. The lowest BCUT2D eigenvalue weighted by Gasteiger charge is -2.30. The van der Waals surface area contributed by atoms with Crippen LogP contribution in [0.1, 0.15) is 125 Å². The van der Waals surface area contributed by atoms with Gasteiger partial charge in [0.15, 0.2) is 5.13 Å². The second kappa shape index (κ2) is 17.9. The molecule has 0 amide bonds. The Morgan fingerprint density at radius 3 is 2.08 bits per heavy atom. The summed E-state index contributed by atoms with van der Waals surface area (Å²) in [5.41, 5.74) is 5.11.